The maximum absolute atomic E-state index is 11.0. The van der Waals surface area contributed by atoms with E-state index in [1.54, 1.807) is 6.92 Å². The standard InChI is InChI=1S/C15H19BrO5/c1-9-14(19-8-11-6-4-3-5-7-11)13(18)12(16)15(20-9)21-10(2)17/h3-7,9,12-15,18H,8H2,1-2H3/t9-,12?,13+,14+,15+/m0/s1. The molecule has 1 fully saturated rings. The molecule has 0 saturated carbocycles. The number of benzene rings is 1. The van der Waals surface area contributed by atoms with Crippen molar-refractivity contribution < 1.29 is 24.1 Å². The molecule has 1 aromatic rings. The molecule has 1 aliphatic rings. The van der Waals surface area contributed by atoms with Gasteiger partial charge in [0.05, 0.1) is 12.7 Å². The van der Waals surface area contributed by atoms with Crippen LogP contribution in [0.4, 0.5) is 0 Å². The molecule has 21 heavy (non-hydrogen) atoms. The number of alkyl halides is 1. The zero-order chi connectivity index (χ0) is 15.4. The molecule has 0 spiro atoms. The van der Waals surface area contributed by atoms with Crippen LogP contribution in [0.1, 0.15) is 19.4 Å². The maximum atomic E-state index is 11.0. The Labute approximate surface area is 132 Å². The van der Waals surface area contributed by atoms with Gasteiger partial charge in [-0.05, 0) is 12.5 Å². The first-order chi connectivity index (χ1) is 9.99. The van der Waals surface area contributed by atoms with Crippen LogP contribution in [0.3, 0.4) is 0 Å². The molecule has 2 rings (SSSR count). The number of halogens is 1. The molecular weight excluding hydrogens is 340 g/mol. The molecule has 0 aliphatic carbocycles. The van der Waals surface area contributed by atoms with Gasteiger partial charge in [-0.2, -0.15) is 0 Å². The second-order valence-electron chi connectivity index (χ2n) is 5.02. The summed E-state index contributed by atoms with van der Waals surface area (Å²) in [5.74, 6) is -0.451. The van der Waals surface area contributed by atoms with Crippen molar-refractivity contribution in [1.82, 2.24) is 0 Å². The average Bonchev–Trinajstić information content (AvgIpc) is 2.45. The highest BCUT2D eigenvalue weighted by Gasteiger charge is 2.44. The number of hydrogen-bond acceptors (Lipinski definition) is 5. The Balaban J connectivity index is 1.96. The number of ether oxygens (including phenoxy) is 3. The summed E-state index contributed by atoms with van der Waals surface area (Å²) in [5.41, 5.74) is 1.02. The molecule has 0 radical (unpaired) electrons. The van der Waals surface area contributed by atoms with Gasteiger partial charge >= 0.3 is 5.97 Å². The van der Waals surface area contributed by atoms with Crippen molar-refractivity contribution in [2.75, 3.05) is 0 Å². The Hall–Kier alpha value is -0.950. The Kier molecular flexibility index (Phi) is 5.75. The molecule has 1 N–H and O–H groups in total. The van der Waals surface area contributed by atoms with Gasteiger partial charge in [0.2, 0.25) is 6.29 Å². The van der Waals surface area contributed by atoms with Gasteiger partial charge in [0.1, 0.15) is 17.0 Å². The van der Waals surface area contributed by atoms with E-state index in [4.69, 9.17) is 14.2 Å². The van der Waals surface area contributed by atoms with Gasteiger partial charge in [-0.15, -0.1) is 0 Å². The van der Waals surface area contributed by atoms with Crippen LogP contribution < -0.4 is 0 Å². The fourth-order valence-electron chi connectivity index (χ4n) is 2.24. The maximum Gasteiger partial charge on any atom is 0.304 e. The summed E-state index contributed by atoms with van der Waals surface area (Å²) in [4.78, 5) is 10.5. The normalized spacial score (nSPS) is 32.7. The van der Waals surface area contributed by atoms with Crippen LogP contribution in [-0.4, -0.2) is 40.5 Å². The average molecular weight is 359 g/mol. The lowest BCUT2D eigenvalue weighted by Gasteiger charge is -2.40. The minimum atomic E-state index is -0.832. The summed E-state index contributed by atoms with van der Waals surface area (Å²) in [6.45, 7) is 3.47. The summed E-state index contributed by atoms with van der Waals surface area (Å²) in [6.07, 6.45) is -2.53. The van der Waals surface area contributed by atoms with Crippen molar-refractivity contribution in [2.45, 2.75) is 49.9 Å². The Bertz CT molecular complexity index is 466. The highest BCUT2D eigenvalue weighted by molar-refractivity contribution is 9.09. The highest BCUT2D eigenvalue weighted by Crippen LogP contribution is 2.29. The van der Waals surface area contributed by atoms with Crippen LogP contribution in [0.25, 0.3) is 0 Å². The van der Waals surface area contributed by atoms with Gasteiger partial charge < -0.3 is 19.3 Å². The van der Waals surface area contributed by atoms with Crippen molar-refractivity contribution in [3.63, 3.8) is 0 Å². The molecule has 5 nitrogen and oxygen atoms in total. The van der Waals surface area contributed by atoms with Gasteiger partial charge in [-0.25, -0.2) is 0 Å². The predicted molar refractivity (Wildman–Crippen MR) is 79.8 cm³/mol. The monoisotopic (exact) mass is 358 g/mol. The van der Waals surface area contributed by atoms with E-state index in [-0.39, 0.29) is 6.10 Å². The van der Waals surface area contributed by atoms with Crippen LogP contribution in [0, 0.1) is 0 Å². The molecule has 0 aromatic heterocycles. The van der Waals surface area contributed by atoms with Crippen LogP contribution >= 0.6 is 15.9 Å². The number of esters is 1. The summed E-state index contributed by atoms with van der Waals surface area (Å²) in [5, 5.41) is 10.3. The lowest BCUT2D eigenvalue weighted by molar-refractivity contribution is -0.245. The SMILES string of the molecule is CC(=O)O[C@H]1O[C@@H](C)[C@@H](OCc2ccccc2)[C@H](O)C1Br. The van der Waals surface area contributed by atoms with Crippen LogP contribution in [0.15, 0.2) is 30.3 Å². The molecule has 116 valence electrons. The van der Waals surface area contributed by atoms with E-state index in [1.807, 2.05) is 30.3 Å². The largest absolute Gasteiger partial charge is 0.435 e. The Morgan fingerprint density at radius 2 is 2.05 bits per heavy atom. The third kappa shape index (κ3) is 4.26. The summed E-state index contributed by atoms with van der Waals surface area (Å²) in [7, 11) is 0. The molecule has 5 atom stereocenters. The van der Waals surface area contributed by atoms with Gasteiger partial charge in [0.25, 0.3) is 0 Å². The predicted octanol–water partition coefficient (Wildman–Crippen LogP) is 2.00. The fourth-order valence-corrected chi connectivity index (χ4v) is 2.77. The number of rotatable bonds is 4. The lowest BCUT2D eigenvalue weighted by Crippen LogP contribution is -2.56. The fraction of sp³-hybridized carbons (Fsp3) is 0.533. The van der Waals surface area contributed by atoms with Crippen molar-refractivity contribution >= 4 is 21.9 Å². The van der Waals surface area contributed by atoms with Crippen molar-refractivity contribution in [3.05, 3.63) is 35.9 Å². The van der Waals surface area contributed by atoms with Crippen molar-refractivity contribution in [2.24, 2.45) is 0 Å². The minimum absolute atomic E-state index is 0.383. The van der Waals surface area contributed by atoms with E-state index >= 15 is 0 Å². The van der Waals surface area contributed by atoms with E-state index in [2.05, 4.69) is 15.9 Å². The zero-order valence-corrected chi connectivity index (χ0v) is 13.5. The summed E-state index contributed by atoms with van der Waals surface area (Å²) < 4.78 is 16.4. The third-order valence-electron chi connectivity index (χ3n) is 3.30. The summed E-state index contributed by atoms with van der Waals surface area (Å²) >= 11 is 3.31. The number of aliphatic hydroxyl groups excluding tert-OH is 1. The number of aliphatic hydroxyl groups is 1. The van der Waals surface area contributed by atoms with Gasteiger partial charge in [0.15, 0.2) is 0 Å². The first-order valence-corrected chi connectivity index (χ1v) is 7.71. The van der Waals surface area contributed by atoms with Gasteiger partial charge in [0, 0.05) is 6.92 Å². The zero-order valence-electron chi connectivity index (χ0n) is 11.9. The quantitative estimate of drug-likeness (QED) is 0.658. The number of carbonyl (C=O) groups excluding carboxylic acids is 1. The van der Waals surface area contributed by atoms with E-state index in [0.717, 1.165) is 5.56 Å². The number of carbonyl (C=O) groups is 1. The topological polar surface area (TPSA) is 65.0 Å². The second-order valence-corrected chi connectivity index (χ2v) is 6.07. The van der Waals surface area contributed by atoms with Crippen LogP contribution in [0.2, 0.25) is 0 Å². The van der Waals surface area contributed by atoms with Crippen molar-refractivity contribution in [3.8, 4) is 0 Å². The number of hydrogen-bond donors (Lipinski definition) is 1. The molecule has 1 saturated heterocycles. The van der Waals surface area contributed by atoms with Gasteiger partial charge in [-0.1, -0.05) is 46.3 Å². The molecule has 1 unspecified atom stereocenters. The lowest BCUT2D eigenvalue weighted by atomic mass is 10.0. The van der Waals surface area contributed by atoms with E-state index in [0.29, 0.717) is 6.61 Å². The van der Waals surface area contributed by atoms with E-state index in [9.17, 15) is 9.90 Å². The third-order valence-corrected chi connectivity index (χ3v) is 4.27. The second kappa shape index (κ2) is 7.35. The molecule has 0 bridgehead atoms. The molecule has 1 aliphatic heterocycles. The highest BCUT2D eigenvalue weighted by atomic mass is 79.9. The van der Waals surface area contributed by atoms with Crippen molar-refractivity contribution in [1.29, 1.82) is 0 Å². The summed E-state index contributed by atoms with van der Waals surface area (Å²) in [6, 6.07) is 9.70. The first-order valence-electron chi connectivity index (χ1n) is 6.79. The molecular formula is C15H19BrO5. The Morgan fingerprint density at radius 3 is 2.67 bits per heavy atom. The van der Waals surface area contributed by atoms with E-state index < -0.39 is 29.3 Å². The van der Waals surface area contributed by atoms with E-state index in [1.165, 1.54) is 6.92 Å². The molecule has 6 heteroatoms. The Morgan fingerprint density at radius 1 is 1.38 bits per heavy atom. The molecule has 1 heterocycles. The smallest absolute Gasteiger partial charge is 0.304 e. The molecule has 0 amide bonds. The van der Waals surface area contributed by atoms with Crippen LogP contribution in [-0.2, 0) is 25.6 Å². The van der Waals surface area contributed by atoms with Gasteiger partial charge in [-0.3, -0.25) is 4.79 Å². The van der Waals surface area contributed by atoms with Crippen LogP contribution in [0.5, 0.6) is 0 Å². The minimum Gasteiger partial charge on any atom is -0.435 e. The first kappa shape index (κ1) is 16.4. The molecule has 1 aromatic carbocycles.